The molecule has 0 heterocycles. The maximum atomic E-state index is 11.3. The third kappa shape index (κ3) is 5.40. The van der Waals surface area contributed by atoms with Crippen molar-refractivity contribution in [2.75, 3.05) is 20.2 Å². The Hall–Kier alpha value is -1.26. The first-order valence-electron chi connectivity index (χ1n) is 4.50. The molecule has 14 heavy (non-hydrogen) atoms. The van der Waals surface area contributed by atoms with Gasteiger partial charge in [0.25, 0.3) is 0 Å². The number of carbonyl (C=O) groups excluding carboxylic acids is 1. The van der Waals surface area contributed by atoms with Crippen molar-refractivity contribution >= 4 is 5.91 Å². The molecule has 0 aromatic heterocycles. The van der Waals surface area contributed by atoms with Crippen molar-refractivity contribution in [1.29, 1.82) is 0 Å². The van der Waals surface area contributed by atoms with Crippen LogP contribution in [0.2, 0.25) is 0 Å². The van der Waals surface area contributed by atoms with Crippen LogP contribution in [0, 0.1) is 0 Å². The number of aliphatic hydroxyl groups excluding tert-OH is 1. The van der Waals surface area contributed by atoms with Crippen LogP contribution in [0.25, 0.3) is 10.4 Å². The molecule has 0 aromatic rings. The van der Waals surface area contributed by atoms with Gasteiger partial charge >= 0.3 is 0 Å². The van der Waals surface area contributed by atoms with Gasteiger partial charge in [0.05, 0.1) is 6.61 Å². The average Bonchev–Trinajstić information content (AvgIpc) is 2.15. The minimum Gasteiger partial charge on any atom is -0.395 e. The molecule has 1 N–H and O–H groups in total. The quantitative estimate of drug-likeness (QED) is 0.392. The highest BCUT2D eigenvalue weighted by Gasteiger charge is 2.09. The molecule has 6 nitrogen and oxygen atoms in total. The second kappa shape index (κ2) is 7.17. The highest BCUT2D eigenvalue weighted by atomic mass is 16.3. The van der Waals surface area contributed by atoms with Crippen LogP contribution in [0.3, 0.4) is 0 Å². The van der Waals surface area contributed by atoms with E-state index in [1.165, 1.54) is 4.90 Å². The Morgan fingerprint density at radius 2 is 2.36 bits per heavy atom. The van der Waals surface area contributed by atoms with Gasteiger partial charge in [-0.25, -0.2) is 0 Å². The summed E-state index contributed by atoms with van der Waals surface area (Å²) in [5.74, 6) is -0.0426. The van der Waals surface area contributed by atoms with Crippen molar-refractivity contribution in [1.82, 2.24) is 4.90 Å². The molecule has 1 atom stereocenters. The topological polar surface area (TPSA) is 89.3 Å². The Morgan fingerprint density at radius 1 is 1.71 bits per heavy atom. The lowest BCUT2D eigenvalue weighted by molar-refractivity contribution is -0.130. The molecule has 0 aliphatic heterocycles. The lowest BCUT2D eigenvalue weighted by Gasteiger charge is -2.15. The van der Waals surface area contributed by atoms with Crippen molar-refractivity contribution in [3.8, 4) is 0 Å². The third-order valence-electron chi connectivity index (χ3n) is 1.89. The number of amides is 1. The number of aliphatic hydroxyl groups is 1. The van der Waals surface area contributed by atoms with E-state index in [0.717, 1.165) is 0 Å². The van der Waals surface area contributed by atoms with E-state index in [4.69, 9.17) is 10.6 Å². The molecule has 6 heteroatoms. The predicted octanol–water partition coefficient (Wildman–Crippen LogP) is 0.916. The molecule has 0 bridgehead atoms. The lowest BCUT2D eigenvalue weighted by atomic mass is 10.2. The van der Waals surface area contributed by atoms with E-state index in [2.05, 4.69) is 10.0 Å². The highest BCUT2D eigenvalue weighted by Crippen LogP contribution is 2.03. The summed E-state index contributed by atoms with van der Waals surface area (Å²) in [6.07, 6.45) is 0.884. The summed E-state index contributed by atoms with van der Waals surface area (Å²) in [5, 5.41) is 12.0. The zero-order valence-electron chi connectivity index (χ0n) is 8.55. The van der Waals surface area contributed by atoms with Crippen LogP contribution in [0.4, 0.5) is 0 Å². The molecule has 0 saturated carbocycles. The summed E-state index contributed by atoms with van der Waals surface area (Å²) in [6.45, 7) is 2.07. The fraction of sp³-hybridized carbons (Fsp3) is 0.875. The Balaban J connectivity index is 3.78. The van der Waals surface area contributed by atoms with Crippen LogP contribution in [-0.4, -0.2) is 42.2 Å². The van der Waals surface area contributed by atoms with E-state index < -0.39 is 0 Å². The first kappa shape index (κ1) is 12.7. The number of likely N-dealkylation sites (N-methyl/N-ethyl adjacent to an activating group) is 1. The summed E-state index contributed by atoms with van der Waals surface area (Å²) < 4.78 is 0. The normalized spacial score (nSPS) is 11.6. The average molecular weight is 200 g/mol. The Labute approximate surface area is 83.1 Å². The van der Waals surface area contributed by atoms with Crippen LogP contribution in [0.5, 0.6) is 0 Å². The molecule has 0 spiro atoms. The van der Waals surface area contributed by atoms with E-state index in [1.807, 2.05) is 0 Å². The largest absolute Gasteiger partial charge is 0.395 e. The fourth-order valence-corrected chi connectivity index (χ4v) is 0.944. The maximum Gasteiger partial charge on any atom is 0.222 e. The van der Waals surface area contributed by atoms with Gasteiger partial charge in [-0.2, -0.15) is 0 Å². The van der Waals surface area contributed by atoms with Gasteiger partial charge in [0.2, 0.25) is 5.91 Å². The SMILES string of the molecule is C[C@@H](CCC(=O)N(C)CCO)N=[N+]=[N-]. The van der Waals surface area contributed by atoms with Gasteiger partial charge < -0.3 is 10.0 Å². The van der Waals surface area contributed by atoms with Crippen LogP contribution < -0.4 is 0 Å². The number of rotatable bonds is 6. The van der Waals surface area contributed by atoms with E-state index in [0.29, 0.717) is 19.4 Å². The van der Waals surface area contributed by atoms with Gasteiger partial charge in [-0.05, 0) is 12.0 Å². The molecule has 80 valence electrons. The monoisotopic (exact) mass is 200 g/mol. The molecular formula is C8H16N4O2. The van der Waals surface area contributed by atoms with Gasteiger partial charge in [-0.3, -0.25) is 4.79 Å². The number of azide groups is 1. The highest BCUT2D eigenvalue weighted by molar-refractivity contribution is 5.75. The maximum absolute atomic E-state index is 11.3. The van der Waals surface area contributed by atoms with Crippen molar-refractivity contribution in [2.45, 2.75) is 25.8 Å². The number of hydrogen-bond donors (Lipinski definition) is 1. The number of carbonyl (C=O) groups is 1. The summed E-state index contributed by atoms with van der Waals surface area (Å²) >= 11 is 0. The van der Waals surface area contributed by atoms with E-state index >= 15 is 0 Å². The predicted molar refractivity (Wildman–Crippen MR) is 52.6 cm³/mol. The van der Waals surface area contributed by atoms with Gasteiger partial charge in [-0.1, -0.05) is 12.0 Å². The minimum atomic E-state index is -0.161. The van der Waals surface area contributed by atoms with Gasteiger partial charge in [-0.15, -0.1) is 0 Å². The van der Waals surface area contributed by atoms with Crippen molar-refractivity contribution in [3.05, 3.63) is 10.4 Å². The summed E-state index contributed by atoms with van der Waals surface area (Å²) in [5.41, 5.74) is 8.13. The van der Waals surface area contributed by atoms with Crippen molar-refractivity contribution < 1.29 is 9.90 Å². The first-order valence-corrected chi connectivity index (χ1v) is 4.50. The molecule has 1 amide bonds. The third-order valence-corrected chi connectivity index (χ3v) is 1.89. The van der Waals surface area contributed by atoms with E-state index in [-0.39, 0.29) is 18.6 Å². The van der Waals surface area contributed by atoms with Crippen molar-refractivity contribution in [2.24, 2.45) is 5.11 Å². The molecule has 0 aromatic carbocycles. The number of hydrogen-bond acceptors (Lipinski definition) is 3. The number of nitrogens with zero attached hydrogens (tertiary/aromatic N) is 4. The summed E-state index contributed by atoms with van der Waals surface area (Å²) in [6, 6.07) is -0.161. The van der Waals surface area contributed by atoms with Crippen LogP contribution in [-0.2, 0) is 4.79 Å². The molecule has 0 saturated heterocycles. The molecule has 0 radical (unpaired) electrons. The summed E-state index contributed by atoms with van der Waals surface area (Å²) in [4.78, 5) is 15.4. The second-order valence-electron chi connectivity index (χ2n) is 3.13. The van der Waals surface area contributed by atoms with Gasteiger partial charge in [0, 0.05) is 31.0 Å². The smallest absolute Gasteiger partial charge is 0.222 e. The molecular weight excluding hydrogens is 184 g/mol. The molecule has 0 aliphatic rings. The van der Waals surface area contributed by atoms with Crippen LogP contribution in [0.1, 0.15) is 19.8 Å². The molecule has 0 unspecified atom stereocenters. The van der Waals surface area contributed by atoms with Crippen molar-refractivity contribution in [3.63, 3.8) is 0 Å². The Kier molecular flexibility index (Phi) is 6.53. The first-order chi connectivity index (χ1) is 6.61. The second-order valence-corrected chi connectivity index (χ2v) is 3.13. The standard InChI is InChI=1S/C8H16N4O2/c1-7(10-11-9)3-4-8(14)12(2)5-6-13/h7,13H,3-6H2,1-2H3/t7-/m0/s1. The Morgan fingerprint density at radius 3 is 2.86 bits per heavy atom. The lowest BCUT2D eigenvalue weighted by Crippen LogP contribution is -2.29. The summed E-state index contributed by atoms with van der Waals surface area (Å²) in [7, 11) is 1.64. The molecule has 0 aliphatic carbocycles. The Bertz CT molecular complexity index is 225. The van der Waals surface area contributed by atoms with E-state index in [9.17, 15) is 4.79 Å². The van der Waals surface area contributed by atoms with Crippen LogP contribution in [0.15, 0.2) is 5.11 Å². The van der Waals surface area contributed by atoms with Gasteiger partial charge in [0.1, 0.15) is 0 Å². The fourth-order valence-electron chi connectivity index (χ4n) is 0.944. The van der Waals surface area contributed by atoms with E-state index in [1.54, 1.807) is 14.0 Å². The zero-order chi connectivity index (χ0) is 11.0. The van der Waals surface area contributed by atoms with Crippen LogP contribution >= 0.6 is 0 Å². The zero-order valence-corrected chi connectivity index (χ0v) is 8.55. The minimum absolute atomic E-state index is 0.0336. The molecule has 0 fully saturated rings. The molecule has 0 rings (SSSR count). The van der Waals surface area contributed by atoms with Gasteiger partial charge in [0.15, 0.2) is 0 Å².